The SMILES string of the molecule is CC(=O)C(C)(C(=O)OCc1cccc2ccccc12)C(F)(F)F. The van der Waals surface area contributed by atoms with E-state index in [0.717, 1.165) is 17.7 Å². The van der Waals surface area contributed by atoms with Gasteiger partial charge in [-0.2, -0.15) is 13.2 Å². The van der Waals surface area contributed by atoms with E-state index in [4.69, 9.17) is 4.74 Å². The lowest BCUT2D eigenvalue weighted by atomic mass is 9.85. The van der Waals surface area contributed by atoms with Crippen LogP contribution in [0.1, 0.15) is 19.4 Å². The molecule has 0 fully saturated rings. The highest BCUT2D eigenvalue weighted by atomic mass is 19.4. The van der Waals surface area contributed by atoms with Crippen molar-refractivity contribution in [3.05, 3.63) is 48.0 Å². The Morgan fingerprint density at radius 1 is 1.04 bits per heavy atom. The smallest absolute Gasteiger partial charge is 0.411 e. The first-order chi connectivity index (χ1) is 10.7. The first-order valence-electron chi connectivity index (χ1n) is 6.89. The maximum absolute atomic E-state index is 13.1. The molecule has 2 rings (SSSR count). The number of carbonyl (C=O) groups is 2. The Kier molecular flexibility index (Phi) is 4.45. The van der Waals surface area contributed by atoms with E-state index >= 15 is 0 Å². The Hall–Kier alpha value is -2.37. The molecule has 0 aromatic heterocycles. The number of hydrogen-bond donors (Lipinski definition) is 0. The predicted molar refractivity (Wildman–Crippen MR) is 78.6 cm³/mol. The first kappa shape index (κ1) is 17.0. The fourth-order valence-electron chi connectivity index (χ4n) is 2.17. The number of benzene rings is 2. The number of Topliss-reactive ketones (excluding diaryl/α,β-unsaturated/α-hetero) is 1. The molecule has 2 aromatic carbocycles. The second-order valence-electron chi connectivity index (χ2n) is 5.39. The van der Waals surface area contributed by atoms with Crippen molar-refractivity contribution in [1.29, 1.82) is 0 Å². The second-order valence-corrected chi connectivity index (χ2v) is 5.39. The van der Waals surface area contributed by atoms with Crippen molar-refractivity contribution in [2.45, 2.75) is 26.6 Å². The fourth-order valence-corrected chi connectivity index (χ4v) is 2.17. The van der Waals surface area contributed by atoms with Gasteiger partial charge in [0, 0.05) is 0 Å². The zero-order valence-corrected chi connectivity index (χ0v) is 12.6. The van der Waals surface area contributed by atoms with Crippen LogP contribution in [0.25, 0.3) is 10.8 Å². The number of halogens is 3. The van der Waals surface area contributed by atoms with Gasteiger partial charge in [-0.25, -0.2) is 0 Å². The molecule has 122 valence electrons. The highest BCUT2D eigenvalue weighted by Crippen LogP contribution is 2.40. The van der Waals surface area contributed by atoms with Crippen LogP contribution >= 0.6 is 0 Å². The molecular weight excluding hydrogens is 309 g/mol. The summed E-state index contributed by atoms with van der Waals surface area (Å²) in [5, 5.41) is 1.66. The van der Waals surface area contributed by atoms with Gasteiger partial charge >= 0.3 is 12.1 Å². The lowest BCUT2D eigenvalue weighted by molar-refractivity contribution is -0.225. The van der Waals surface area contributed by atoms with Gasteiger partial charge in [-0.1, -0.05) is 42.5 Å². The minimum atomic E-state index is -5.01. The van der Waals surface area contributed by atoms with Gasteiger partial charge in [-0.05, 0) is 30.2 Å². The zero-order valence-electron chi connectivity index (χ0n) is 12.6. The third-order valence-corrected chi connectivity index (χ3v) is 3.92. The number of ketones is 1. The maximum Gasteiger partial charge on any atom is 0.411 e. The average molecular weight is 324 g/mol. The summed E-state index contributed by atoms with van der Waals surface area (Å²) in [4.78, 5) is 23.3. The van der Waals surface area contributed by atoms with Crippen LogP contribution in [0.4, 0.5) is 13.2 Å². The molecule has 0 aliphatic rings. The number of fused-ring (bicyclic) bond motifs is 1. The van der Waals surface area contributed by atoms with Gasteiger partial charge in [0.05, 0.1) is 0 Å². The van der Waals surface area contributed by atoms with Crippen LogP contribution < -0.4 is 0 Å². The molecule has 1 atom stereocenters. The third-order valence-electron chi connectivity index (χ3n) is 3.92. The van der Waals surface area contributed by atoms with E-state index in [1.165, 1.54) is 0 Å². The van der Waals surface area contributed by atoms with Gasteiger partial charge in [-0.15, -0.1) is 0 Å². The molecule has 1 unspecified atom stereocenters. The summed E-state index contributed by atoms with van der Waals surface area (Å²) in [6.45, 7) is 0.937. The summed E-state index contributed by atoms with van der Waals surface area (Å²) in [6, 6.07) is 12.5. The van der Waals surface area contributed by atoms with Crippen molar-refractivity contribution in [2.75, 3.05) is 0 Å². The number of rotatable bonds is 4. The Morgan fingerprint density at radius 2 is 1.65 bits per heavy atom. The Labute approximate surface area is 131 Å². The molecule has 0 saturated heterocycles. The summed E-state index contributed by atoms with van der Waals surface area (Å²) in [5.41, 5.74) is -2.58. The van der Waals surface area contributed by atoms with Gasteiger partial charge < -0.3 is 4.74 Å². The van der Waals surface area contributed by atoms with Gasteiger partial charge in [-0.3, -0.25) is 9.59 Å². The quantitative estimate of drug-likeness (QED) is 0.630. The highest BCUT2D eigenvalue weighted by Gasteiger charge is 2.61. The van der Waals surface area contributed by atoms with Gasteiger partial charge in [0.2, 0.25) is 5.41 Å². The molecule has 0 aliphatic heterocycles. The minimum absolute atomic E-state index is 0.334. The summed E-state index contributed by atoms with van der Waals surface area (Å²) in [5.74, 6) is -2.89. The molecule has 0 heterocycles. The number of alkyl halides is 3. The molecule has 0 N–H and O–H groups in total. The molecule has 3 nitrogen and oxygen atoms in total. The van der Waals surface area contributed by atoms with Crippen LogP contribution in [0.5, 0.6) is 0 Å². The van der Waals surface area contributed by atoms with Gasteiger partial charge in [0.15, 0.2) is 5.78 Å². The van der Waals surface area contributed by atoms with E-state index in [2.05, 4.69) is 0 Å². The monoisotopic (exact) mass is 324 g/mol. The van der Waals surface area contributed by atoms with E-state index < -0.39 is 23.3 Å². The standard InChI is InChI=1S/C17H15F3O3/c1-11(21)16(2,17(18,19)20)15(22)23-10-13-8-5-7-12-6-3-4-9-14(12)13/h3-9H,10H2,1-2H3. The molecule has 0 amide bonds. The molecule has 0 radical (unpaired) electrons. The first-order valence-corrected chi connectivity index (χ1v) is 6.89. The van der Waals surface area contributed by atoms with Crippen LogP contribution in [-0.2, 0) is 20.9 Å². The molecule has 0 saturated carbocycles. The summed E-state index contributed by atoms with van der Waals surface area (Å²) < 4.78 is 44.0. The predicted octanol–water partition coefficient (Wildman–Crippen LogP) is 4.04. The molecule has 0 aliphatic carbocycles. The minimum Gasteiger partial charge on any atom is -0.460 e. The second kappa shape index (κ2) is 6.02. The third kappa shape index (κ3) is 3.06. The van der Waals surface area contributed by atoms with Crippen LogP contribution in [0.3, 0.4) is 0 Å². The summed E-state index contributed by atoms with van der Waals surface area (Å²) in [7, 11) is 0. The number of ether oxygens (including phenoxy) is 1. The van der Waals surface area contributed by atoms with Gasteiger partial charge in [0.1, 0.15) is 6.61 Å². The highest BCUT2D eigenvalue weighted by molar-refractivity contribution is 6.03. The van der Waals surface area contributed by atoms with Crippen LogP contribution in [0.15, 0.2) is 42.5 Å². The van der Waals surface area contributed by atoms with Crippen LogP contribution in [-0.4, -0.2) is 17.9 Å². The zero-order chi connectivity index (χ0) is 17.3. The Balaban J connectivity index is 2.25. The normalized spacial score (nSPS) is 14.3. The molecule has 6 heteroatoms. The number of esters is 1. The number of hydrogen-bond acceptors (Lipinski definition) is 3. The Morgan fingerprint density at radius 3 is 2.26 bits per heavy atom. The summed E-state index contributed by atoms with van der Waals surface area (Å²) in [6.07, 6.45) is -5.01. The van der Waals surface area contributed by atoms with E-state index in [1.54, 1.807) is 24.3 Å². The lowest BCUT2D eigenvalue weighted by Gasteiger charge is -2.27. The Bertz CT molecular complexity index is 747. The largest absolute Gasteiger partial charge is 0.460 e. The van der Waals surface area contributed by atoms with E-state index in [1.807, 2.05) is 18.2 Å². The van der Waals surface area contributed by atoms with Gasteiger partial charge in [0.25, 0.3) is 0 Å². The molecule has 23 heavy (non-hydrogen) atoms. The summed E-state index contributed by atoms with van der Waals surface area (Å²) >= 11 is 0. The average Bonchev–Trinajstić information content (AvgIpc) is 2.50. The molecule has 2 aromatic rings. The van der Waals surface area contributed by atoms with Crippen molar-refractivity contribution in [3.8, 4) is 0 Å². The van der Waals surface area contributed by atoms with Crippen molar-refractivity contribution in [2.24, 2.45) is 5.41 Å². The van der Waals surface area contributed by atoms with Crippen molar-refractivity contribution >= 4 is 22.5 Å². The molecular formula is C17H15F3O3. The maximum atomic E-state index is 13.1. The van der Waals surface area contributed by atoms with Crippen LogP contribution in [0.2, 0.25) is 0 Å². The van der Waals surface area contributed by atoms with E-state index in [0.29, 0.717) is 12.5 Å². The van der Waals surface area contributed by atoms with Crippen molar-refractivity contribution in [1.82, 2.24) is 0 Å². The van der Waals surface area contributed by atoms with E-state index in [9.17, 15) is 22.8 Å². The van der Waals surface area contributed by atoms with Crippen molar-refractivity contribution in [3.63, 3.8) is 0 Å². The fraction of sp³-hybridized carbons (Fsp3) is 0.294. The number of carbonyl (C=O) groups excluding carboxylic acids is 2. The lowest BCUT2D eigenvalue weighted by Crippen LogP contribution is -2.48. The van der Waals surface area contributed by atoms with Crippen LogP contribution in [0, 0.1) is 5.41 Å². The van der Waals surface area contributed by atoms with Crippen molar-refractivity contribution < 1.29 is 27.5 Å². The topological polar surface area (TPSA) is 43.4 Å². The molecule has 0 bridgehead atoms. The van der Waals surface area contributed by atoms with E-state index in [-0.39, 0.29) is 6.61 Å². The molecule has 0 spiro atoms.